The molecule has 0 saturated carbocycles. The Kier molecular flexibility index (Phi) is 6.59. The van der Waals surface area contributed by atoms with Crippen LogP contribution in [0.25, 0.3) is 0 Å². The second-order valence-corrected chi connectivity index (χ2v) is 9.86. The van der Waals surface area contributed by atoms with E-state index >= 15 is 0 Å². The topological polar surface area (TPSA) is 96.8 Å². The average Bonchev–Trinajstić information content (AvgIpc) is 3.22. The summed E-state index contributed by atoms with van der Waals surface area (Å²) in [6.07, 6.45) is 1.41. The molecule has 4 rings (SSSR count). The van der Waals surface area contributed by atoms with Gasteiger partial charge in [0, 0.05) is 61.9 Å². The van der Waals surface area contributed by atoms with E-state index in [0.29, 0.717) is 29.5 Å². The van der Waals surface area contributed by atoms with Gasteiger partial charge in [-0.25, -0.2) is 8.42 Å². The smallest absolute Gasteiger partial charge is 0.263 e. The highest BCUT2D eigenvalue weighted by atomic mass is 35.5. The number of anilines is 2. The number of amides is 1. The molecule has 0 aliphatic carbocycles. The van der Waals surface area contributed by atoms with Crippen molar-refractivity contribution < 1.29 is 17.9 Å². The molecular weight excluding hydrogens is 466 g/mol. The van der Waals surface area contributed by atoms with Gasteiger partial charge in [0.1, 0.15) is 5.75 Å². The Labute approximate surface area is 197 Å². The number of carbonyl (C=O) groups is 1. The number of ether oxygens (including phenoxy) is 1. The standard InChI is InChI=1S/C22H24ClN5O4S/c1-26-15-20(21(29)24-17-4-3-5-19(14-17)32-2)22(25-26)33(30,31)28-12-10-27(11-13-28)18-8-6-16(23)7-9-18/h3-9,14-15H,10-13H2,1-2H3,(H,24,29). The Bertz CT molecular complexity index is 1250. The Hall–Kier alpha value is -3.08. The molecule has 1 saturated heterocycles. The third-order valence-corrected chi connectivity index (χ3v) is 7.47. The van der Waals surface area contributed by atoms with E-state index in [9.17, 15) is 13.2 Å². The van der Waals surface area contributed by atoms with Gasteiger partial charge in [0.15, 0.2) is 0 Å². The van der Waals surface area contributed by atoms with E-state index in [4.69, 9.17) is 16.3 Å². The van der Waals surface area contributed by atoms with Gasteiger partial charge in [0.05, 0.1) is 12.7 Å². The summed E-state index contributed by atoms with van der Waals surface area (Å²) in [6, 6.07) is 14.3. The van der Waals surface area contributed by atoms with Gasteiger partial charge in [-0.2, -0.15) is 9.40 Å². The van der Waals surface area contributed by atoms with Crippen LogP contribution in [-0.2, 0) is 17.1 Å². The number of aromatic nitrogens is 2. The zero-order chi connectivity index (χ0) is 23.6. The van der Waals surface area contributed by atoms with Crippen LogP contribution in [0.15, 0.2) is 59.8 Å². The summed E-state index contributed by atoms with van der Waals surface area (Å²) in [5, 5.41) is 7.22. The van der Waals surface area contributed by atoms with Crippen LogP contribution in [0.1, 0.15) is 10.4 Å². The van der Waals surface area contributed by atoms with E-state index < -0.39 is 15.9 Å². The summed E-state index contributed by atoms with van der Waals surface area (Å²) in [5.74, 6) is 0.0140. The molecule has 0 atom stereocenters. The first kappa shape index (κ1) is 23.1. The highest BCUT2D eigenvalue weighted by Gasteiger charge is 2.34. The molecule has 1 aliphatic rings. The molecule has 11 heteroatoms. The molecule has 174 valence electrons. The Morgan fingerprint density at radius 2 is 1.79 bits per heavy atom. The van der Waals surface area contributed by atoms with Crippen molar-refractivity contribution in [2.45, 2.75) is 5.03 Å². The highest BCUT2D eigenvalue weighted by molar-refractivity contribution is 7.89. The van der Waals surface area contributed by atoms with Gasteiger partial charge in [-0.1, -0.05) is 17.7 Å². The molecule has 0 unspecified atom stereocenters. The SMILES string of the molecule is COc1cccc(NC(=O)c2cn(C)nc2S(=O)(=O)N2CCN(c3ccc(Cl)cc3)CC2)c1. The van der Waals surface area contributed by atoms with Crippen LogP contribution < -0.4 is 15.0 Å². The molecule has 3 aromatic rings. The monoisotopic (exact) mass is 489 g/mol. The Morgan fingerprint density at radius 1 is 1.09 bits per heavy atom. The van der Waals surface area contributed by atoms with Crippen LogP contribution >= 0.6 is 11.6 Å². The molecule has 1 aliphatic heterocycles. The number of methoxy groups -OCH3 is 1. The lowest BCUT2D eigenvalue weighted by Crippen LogP contribution is -2.49. The number of piperazine rings is 1. The minimum atomic E-state index is -3.97. The van der Waals surface area contributed by atoms with Crippen molar-refractivity contribution in [3.63, 3.8) is 0 Å². The van der Waals surface area contributed by atoms with Gasteiger partial charge in [0.2, 0.25) is 5.03 Å². The first-order chi connectivity index (χ1) is 15.8. The maximum absolute atomic E-state index is 13.4. The maximum Gasteiger partial charge on any atom is 0.263 e. The van der Waals surface area contributed by atoms with E-state index in [1.807, 2.05) is 12.1 Å². The van der Waals surface area contributed by atoms with Gasteiger partial charge in [-0.05, 0) is 36.4 Å². The summed E-state index contributed by atoms with van der Waals surface area (Å²) < 4.78 is 34.6. The first-order valence-corrected chi connectivity index (χ1v) is 12.1. The van der Waals surface area contributed by atoms with E-state index in [1.165, 1.54) is 22.3 Å². The molecule has 9 nitrogen and oxygen atoms in total. The van der Waals surface area contributed by atoms with Crippen molar-refractivity contribution in [3.8, 4) is 5.75 Å². The third kappa shape index (κ3) is 4.97. The number of rotatable bonds is 6. The summed E-state index contributed by atoms with van der Waals surface area (Å²) >= 11 is 5.96. The summed E-state index contributed by atoms with van der Waals surface area (Å²) in [5.41, 5.74) is 1.45. The number of halogens is 1. The van der Waals surface area contributed by atoms with E-state index in [2.05, 4.69) is 15.3 Å². The largest absolute Gasteiger partial charge is 0.497 e. The first-order valence-electron chi connectivity index (χ1n) is 10.3. The van der Waals surface area contributed by atoms with Crippen molar-refractivity contribution in [2.24, 2.45) is 7.05 Å². The molecular formula is C22H24ClN5O4S. The van der Waals surface area contributed by atoms with E-state index in [1.54, 1.807) is 43.4 Å². The van der Waals surface area contributed by atoms with Crippen molar-refractivity contribution in [1.29, 1.82) is 0 Å². The van der Waals surface area contributed by atoms with Gasteiger partial charge in [-0.15, -0.1) is 0 Å². The predicted octanol–water partition coefficient (Wildman–Crippen LogP) is 2.85. The lowest BCUT2D eigenvalue weighted by Gasteiger charge is -2.35. The second kappa shape index (κ2) is 9.42. The van der Waals surface area contributed by atoms with Gasteiger partial charge >= 0.3 is 0 Å². The number of sulfonamides is 1. The molecule has 1 amide bonds. The van der Waals surface area contributed by atoms with Gasteiger partial charge in [0.25, 0.3) is 15.9 Å². The Morgan fingerprint density at radius 3 is 2.45 bits per heavy atom. The number of nitrogens with zero attached hydrogens (tertiary/aromatic N) is 4. The summed E-state index contributed by atoms with van der Waals surface area (Å²) in [7, 11) is -0.856. The van der Waals surface area contributed by atoms with Crippen molar-refractivity contribution >= 4 is 38.9 Å². The lowest BCUT2D eigenvalue weighted by atomic mass is 10.2. The number of hydrogen-bond donors (Lipinski definition) is 1. The minimum Gasteiger partial charge on any atom is -0.497 e. The average molecular weight is 490 g/mol. The van der Waals surface area contributed by atoms with Crippen LogP contribution in [0.5, 0.6) is 5.75 Å². The molecule has 0 radical (unpaired) electrons. The number of hydrogen-bond acceptors (Lipinski definition) is 6. The zero-order valence-electron chi connectivity index (χ0n) is 18.2. The molecule has 2 aromatic carbocycles. The second-order valence-electron chi connectivity index (χ2n) is 7.58. The Balaban J connectivity index is 1.51. The number of carbonyl (C=O) groups excluding carboxylic acids is 1. The van der Waals surface area contributed by atoms with E-state index in [-0.39, 0.29) is 23.7 Å². The fraction of sp³-hybridized carbons (Fsp3) is 0.273. The van der Waals surface area contributed by atoms with Crippen molar-refractivity contribution in [2.75, 3.05) is 43.5 Å². The molecule has 2 heterocycles. The fourth-order valence-electron chi connectivity index (χ4n) is 3.67. The highest BCUT2D eigenvalue weighted by Crippen LogP contribution is 2.25. The molecule has 0 spiro atoms. The minimum absolute atomic E-state index is 0.0135. The van der Waals surface area contributed by atoms with E-state index in [0.717, 1.165) is 5.69 Å². The van der Waals surface area contributed by atoms with Crippen LogP contribution in [-0.4, -0.2) is 61.7 Å². The number of nitrogens with one attached hydrogen (secondary N) is 1. The molecule has 1 fully saturated rings. The summed E-state index contributed by atoms with van der Waals surface area (Å²) in [4.78, 5) is 15.0. The molecule has 33 heavy (non-hydrogen) atoms. The van der Waals surface area contributed by atoms with Gasteiger partial charge < -0.3 is 15.0 Å². The van der Waals surface area contributed by atoms with Gasteiger partial charge in [-0.3, -0.25) is 9.48 Å². The molecule has 1 aromatic heterocycles. The molecule has 1 N–H and O–H groups in total. The number of benzene rings is 2. The quantitative estimate of drug-likeness (QED) is 0.572. The zero-order valence-corrected chi connectivity index (χ0v) is 19.8. The van der Waals surface area contributed by atoms with Crippen LogP contribution in [0.4, 0.5) is 11.4 Å². The molecule has 0 bridgehead atoms. The van der Waals surface area contributed by atoms with Crippen LogP contribution in [0.2, 0.25) is 5.02 Å². The predicted molar refractivity (Wildman–Crippen MR) is 127 cm³/mol. The van der Waals surface area contributed by atoms with Crippen LogP contribution in [0.3, 0.4) is 0 Å². The number of aryl methyl sites for hydroxylation is 1. The van der Waals surface area contributed by atoms with Crippen LogP contribution in [0, 0.1) is 0 Å². The maximum atomic E-state index is 13.4. The fourth-order valence-corrected chi connectivity index (χ4v) is 5.34. The van der Waals surface area contributed by atoms with Crippen molar-refractivity contribution in [3.05, 3.63) is 65.3 Å². The normalized spacial score (nSPS) is 14.8. The lowest BCUT2D eigenvalue weighted by molar-refractivity contribution is 0.102. The van der Waals surface area contributed by atoms with Crippen molar-refractivity contribution in [1.82, 2.24) is 14.1 Å². The third-order valence-electron chi connectivity index (χ3n) is 5.38. The summed E-state index contributed by atoms with van der Waals surface area (Å²) in [6.45, 7) is 1.58.